The standard InChI is InChI=1S/C34H37FN6O3S/c1-5-41-17-16-39(3)33(43)30(41)21-10-12-23(13-11-21)36-31-34(44)40(4)19-26(37-31)24-14-15-25(35)29(20(24)2)38-32(42)28-18-22-8-6-7-9-27(22)45-28/h10-15,18-19,30H,5-9,16-17H2,1-4H3,(H,36,37)(H,38,42). The molecule has 11 heteroatoms. The van der Waals surface area contributed by atoms with Gasteiger partial charge in [-0.3, -0.25) is 19.3 Å². The number of amides is 2. The van der Waals surface area contributed by atoms with E-state index in [9.17, 15) is 14.4 Å². The Morgan fingerprint density at radius 1 is 1.07 bits per heavy atom. The molecule has 1 atom stereocenters. The molecular formula is C34H37FN6O3S. The van der Waals surface area contributed by atoms with Gasteiger partial charge in [0, 0.05) is 49.5 Å². The van der Waals surface area contributed by atoms with Gasteiger partial charge in [-0.15, -0.1) is 11.3 Å². The molecule has 6 rings (SSSR count). The summed E-state index contributed by atoms with van der Waals surface area (Å²) in [6.45, 7) is 6.05. The third-order valence-electron chi connectivity index (χ3n) is 8.81. The lowest BCUT2D eigenvalue weighted by atomic mass is 9.99. The minimum absolute atomic E-state index is 0.0618. The Morgan fingerprint density at radius 3 is 2.56 bits per heavy atom. The molecule has 4 aromatic rings. The number of rotatable bonds is 7. The van der Waals surface area contributed by atoms with Crippen molar-refractivity contribution in [3.8, 4) is 11.3 Å². The van der Waals surface area contributed by atoms with Crippen molar-refractivity contribution in [1.29, 1.82) is 0 Å². The van der Waals surface area contributed by atoms with Crippen LogP contribution >= 0.6 is 11.3 Å². The van der Waals surface area contributed by atoms with Gasteiger partial charge in [0.2, 0.25) is 5.91 Å². The quantitative estimate of drug-likeness (QED) is 0.274. The van der Waals surface area contributed by atoms with Crippen LogP contribution in [0, 0.1) is 12.7 Å². The van der Waals surface area contributed by atoms with Gasteiger partial charge in [0.25, 0.3) is 11.5 Å². The zero-order valence-electron chi connectivity index (χ0n) is 25.9. The molecule has 1 unspecified atom stereocenters. The molecule has 1 aliphatic carbocycles. The first kappa shape index (κ1) is 30.7. The normalized spacial score (nSPS) is 16.9. The first-order valence-corrected chi connectivity index (χ1v) is 16.1. The smallest absolute Gasteiger partial charge is 0.293 e. The topological polar surface area (TPSA) is 99.6 Å². The van der Waals surface area contributed by atoms with Gasteiger partial charge in [-0.25, -0.2) is 9.37 Å². The SMILES string of the molecule is CCN1CCN(C)C(=O)C1c1ccc(Nc2nc(-c3ccc(F)c(NC(=O)c4cc5c(s4)CCCC5)c3C)cn(C)c2=O)cc1. The van der Waals surface area contributed by atoms with Crippen LogP contribution in [-0.2, 0) is 24.7 Å². The molecule has 234 valence electrons. The monoisotopic (exact) mass is 628 g/mol. The van der Waals surface area contributed by atoms with Gasteiger partial charge in [-0.2, -0.15) is 0 Å². The lowest BCUT2D eigenvalue weighted by Gasteiger charge is -2.38. The average molecular weight is 629 g/mol. The Bertz CT molecular complexity index is 1810. The molecule has 0 radical (unpaired) electrons. The van der Waals surface area contributed by atoms with Crippen LogP contribution in [0.4, 0.5) is 21.6 Å². The number of anilines is 3. The predicted molar refractivity (Wildman–Crippen MR) is 176 cm³/mol. The number of aryl methyl sites for hydroxylation is 3. The van der Waals surface area contributed by atoms with Crippen molar-refractivity contribution >= 4 is 40.3 Å². The number of fused-ring (bicyclic) bond motifs is 1. The van der Waals surface area contributed by atoms with Crippen LogP contribution in [0.1, 0.15) is 57.0 Å². The lowest BCUT2D eigenvalue weighted by Crippen LogP contribution is -2.50. The minimum atomic E-state index is -0.543. The summed E-state index contributed by atoms with van der Waals surface area (Å²) in [6.07, 6.45) is 5.78. The third kappa shape index (κ3) is 6.02. The summed E-state index contributed by atoms with van der Waals surface area (Å²) < 4.78 is 16.5. The second-order valence-corrected chi connectivity index (χ2v) is 12.9. The van der Waals surface area contributed by atoms with E-state index in [1.807, 2.05) is 44.3 Å². The maximum atomic E-state index is 15.1. The predicted octanol–water partition coefficient (Wildman–Crippen LogP) is 5.67. The fourth-order valence-corrected chi connectivity index (χ4v) is 7.32. The number of carbonyl (C=O) groups excluding carboxylic acids is 2. The highest BCUT2D eigenvalue weighted by Gasteiger charge is 2.33. The number of piperazine rings is 1. The number of carbonyl (C=O) groups is 2. The summed E-state index contributed by atoms with van der Waals surface area (Å²) in [5.74, 6) is -0.716. The molecule has 3 heterocycles. The van der Waals surface area contributed by atoms with Crippen LogP contribution < -0.4 is 16.2 Å². The molecule has 2 aromatic carbocycles. The largest absolute Gasteiger partial charge is 0.343 e. The number of halogens is 1. The maximum Gasteiger partial charge on any atom is 0.293 e. The van der Waals surface area contributed by atoms with Crippen LogP contribution in [0.15, 0.2) is 53.5 Å². The van der Waals surface area contributed by atoms with Crippen molar-refractivity contribution in [3.05, 3.63) is 91.3 Å². The van der Waals surface area contributed by atoms with Crippen molar-refractivity contribution in [2.45, 2.75) is 45.6 Å². The fourth-order valence-electron chi connectivity index (χ4n) is 6.17. The number of hydrogen-bond acceptors (Lipinski definition) is 7. The summed E-state index contributed by atoms with van der Waals surface area (Å²) >= 11 is 1.48. The summed E-state index contributed by atoms with van der Waals surface area (Å²) in [5, 5.41) is 5.92. The number of benzene rings is 2. The molecule has 0 spiro atoms. The lowest BCUT2D eigenvalue weighted by molar-refractivity contribution is -0.140. The minimum Gasteiger partial charge on any atom is -0.343 e. The number of likely N-dealkylation sites (N-methyl/N-ethyl adjacent to an activating group) is 2. The zero-order chi connectivity index (χ0) is 31.8. The van der Waals surface area contributed by atoms with Crippen molar-refractivity contribution in [2.75, 3.05) is 37.3 Å². The summed E-state index contributed by atoms with van der Waals surface area (Å²) in [6, 6.07) is 11.9. The van der Waals surface area contributed by atoms with Crippen molar-refractivity contribution in [2.24, 2.45) is 7.05 Å². The summed E-state index contributed by atoms with van der Waals surface area (Å²) in [7, 11) is 3.45. The van der Waals surface area contributed by atoms with Gasteiger partial charge < -0.3 is 20.1 Å². The molecule has 2 aliphatic rings. The van der Waals surface area contributed by atoms with Crippen LogP contribution in [0.5, 0.6) is 0 Å². The molecule has 0 saturated carbocycles. The summed E-state index contributed by atoms with van der Waals surface area (Å²) in [5.41, 5.74) is 4.04. The van der Waals surface area contributed by atoms with E-state index < -0.39 is 5.82 Å². The van der Waals surface area contributed by atoms with Crippen LogP contribution in [-0.4, -0.2) is 57.8 Å². The number of thiophene rings is 1. The number of nitrogens with one attached hydrogen (secondary N) is 2. The highest BCUT2D eigenvalue weighted by atomic mass is 32.1. The number of nitrogens with zero attached hydrogens (tertiary/aromatic N) is 4. The molecule has 2 aromatic heterocycles. The van der Waals surface area contributed by atoms with Crippen molar-refractivity contribution in [1.82, 2.24) is 19.4 Å². The first-order chi connectivity index (χ1) is 21.6. The molecule has 9 nitrogen and oxygen atoms in total. The Kier molecular flexibility index (Phi) is 8.56. The molecule has 0 bridgehead atoms. The van der Waals surface area contributed by atoms with E-state index in [0.29, 0.717) is 33.9 Å². The Labute approximate surface area is 265 Å². The Balaban J connectivity index is 1.26. The third-order valence-corrected chi connectivity index (χ3v) is 10.0. The highest BCUT2D eigenvalue weighted by Crippen LogP contribution is 2.33. The molecule has 1 fully saturated rings. The van der Waals surface area contributed by atoms with E-state index in [2.05, 4.69) is 20.5 Å². The van der Waals surface area contributed by atoms with E-state index in [-0.39, 0.29) is 34.9 Å². The van der Waals surface area contributed by atoms with E-state index in [0.717, 1.165) is 44.3 Å². The van der Waals surface area contributed by atoms with Gasteiger partial charge in [-0.1, -0.05) is 19.1 Å². The molecule has 2 N–H and O–H groups in total. The van der Waals surface area contributed by atoms with E-state index in [1.165, 1.54) is 32.4 Å². The van der Waals surface area contributed by atoms with Crippen LogP contribution in [0.3, 0.4) is 0 Å². The van der Waals surface area contributed by atoms with Crippen molar-refractivity contribution < 1.29 is 14.0 Å². The summed E-state index contributed by atoms with van der Waals surface area (Å²) in [4.78, 5) is 49.5. The zero-order valence-corrected chi connectivity index (χ0v) is 26.8. The molecule has 1 saturated heterocycles. The maximum absolute atomic E-state index is 15.1. The number of hydrogen-bond donors (Lipinski definition) is 2. The second kappa shape index (κ2) is 12.6. The Morgan fingerprint density at radius 2 is 1.82 bits per heavy atom. The van der Waals surface area contributed by atoms with E-state index in [4.69, 9.17) is 0 Å². The molecule has 2 amide bonds. The first-order valence-electron chi connectivity index (χ1n) is 15.3. The number of aromatic nitrogens is 2. The second-order valence-electron chi connectivity index (χ2n) is 11.7. The van der Waals surface area contributed by atoms with Crippen LogP contribution in [0.2, 0.25) is 0 Å². The highest BCUT2D eigenvalue weighted by molar-refractivity contribution is 7.14. The van der Waals surface area contributed by atoms with Gasteiger partial charge in [0.15, 0.2) is 5.82 Å². The van der Waals surface area contributed by atoms with Gasteiger partial charge in [-0.05, 0) is 86.2 Å². The Hall–Kier alpha value is -4.35. The molecule has 1 aliphatic heterocycles. The molecular weight excluding hydrogens is 591 g/mol. The van der Waals surface area contributed by atoms with Crippen molar-refractivity contribution in [3.63, 3.8) is 0 Å². The average Bonchev–Trinajstić information content (AvgIpc) is 3.48. The van der Waals surface area contributed by atoms with Gasteiger partial charge in [0.1, 0.15) is 11.9 Å². The van der Waals surface area contributed by atoms with Gasteiger partial charge in [0.05, 0.1) is 16.3 Å². The van der Waals surface area contributed by atoms with Crippen LogP contribution in [0.25, 0.3) is 11.3 Å². The van der Waals surface area contributed by atoms with E-state index in [1.54, 1.807) is 31.1 Å². The van der Waals surface area contributed by atoms with E-state index >= 15 is 4.39 Å². The molecule has 45 heavy (non-hydrogen) atoms. The fraction of sp³-hybridized carbons (Fsp3) is 0.353. The van der Waals surface area contributed by atoms with Gasteiger partial charge >= 0.3 is 0 Å².